The molecule has 1 fully saturated rings. The molecule has 0 bridgehead atoms. The number of benzene rings is 1. The lowest BCUT2D eigenvalue weighted by atomic mass is 10.00. The van der Waals surface area contributed by atoms with Crippen molar-refractivity contribution in [2.75, 3.05) is 45.1 Å². The van der Waals surface area contributed by atoms with E-state index in [1.165, 1.54) is 12.1 Å². The van der Waals surface area contributed by atoms with E-state index in [4.69, 9.17) is 21.0 Å². The van der Waals surface area contributed by atoms with Crippen molar-refractivity contribution in [2.45, 2.75) is 32.4 Å². The Balaban J connectivity index is 1.72. The van der Waals surface area contributed by atoms with Crippen molar-refractivity contribution >= 4 is 17.7 Å². The van der Waals surface area contributed by atoms with Gasteiger partial charge in [0.1, 0.15) is 11.9 Å². The molecule has 2 heterocycles. The fourth-order valence-electron chi connectivity index (χ4n) is 3.59. The normalized spacial score (nSPS) is 19.6. The average Bonchev–Trinajstić information content (AvgIpc) is 2.74. The molecule has 164 valence electrons. The first-order valence-electron chi connectivity index (χ1n) is 10.3. The summed E-state index contributed by atoms with van der Waals surface area (Å²) in [5.74, 6) is 0.447. The first-order valence-corrected chi connectivity index (χ1v) is 10.3. The molecule has 0 aromatic heterocycles. The second-order valence-corrected chi connectivity index (χ2v) is 7.78. The summed E-state index contributed by atoms with van der Waals surface area (Å²) in [5.41, 5.74) is 6.80. The SMILES string of the molecule is CC(C)Oc1cc(C(=N)C2C=C(N3CCN(CCCO)CC3)NC=N2)c(N)cc1F. The van der Waals surface area contributed by atoms with Gasteiger partial charge in [0.25, 0.3) is 0 Å². The molecule has 0 spiro atoms. The van der Waals surface area contributed by atoms with Crippen LogP contribution in [-0.4, -0.2) is 78.4 Å². The van der Waals surface area contributed by atoms with Gasteiger partial charge in [-0.25, -0.2) is 4.39 Å². The van der Waals surface area contributed by atoms with Crippen molar-refractivity contribution in [2.24, 2.45) is 4.99 Å². The van der Waals surface area contributed by atoms with Gasteiger partial charge in [-0.05, 0) is 32.4 Å². The van der Waals surface area contributed by atoms with Crippen LogP contribution in [0.3, 0.4) is 0 Å². The van der Waals surface area contributed by atoms with Crippen molar-refractivity contribution in [1.82, 2.24) is 15.1 Å². The van der Waals surface area contributed by atoms with E-state index in [1.54, 1.807) is 6.34 Å². The molecule has 1 aromatic rings. The third kappa shape index (κ3) is 5.28. The number of nitrogens with one attached hydrogen (secondary N) is 2. The number of hydrogen-bond acceptors (Lipinski definition) is 8. The molecule has 1 atom stereocenters. The Hall–Kier alpha value is -2.65. The van der Waals surface area contributed by atoms with Crippen molar-refractivity contribution in [3.05, 3.63) is 35.4 Å². The number of nitrogen functional groups attached to an aromatic ring is 1. The van der Waals surface area contributed by atoms with Crippen LogP contribution in [0.1, 0.15) is 25.8 Å². The monoisotopic (exact) mass is 418 g/mol. The van der Waals surface area contributed by atoms with Crippen LogP contribution in [0.15, 0.2) is 29.0 Å². The lowest BCUT2D eigenvalue weighted by Gasteiger charge is -2.38. The molecule has 2 aliphatic rings. The summed E-state index contributed by atoms with van der Waals surface area (Å²) in [7, 11) is 0. The van der Waals surface area contributed by atoms with Crippen molar-refractivity contribution < 1.29 is 14.2 Å². The highest BCUT2D eigenvalue weighted by molar-refractivity contribution is 6.08. The van der Waals surface area contributed by atoms with Crippen LogP contribution >= 0.6 is 0 Å². The zero-order chi connectivity index (χ0) is 21.7. The van der Waals surface area contributed by atoms with Gasteiger partial charge in [0.2, 0.25) is 0 Å². The number of hydrogen-bond donors (Lipinski definition) is 4. The van der Waals surface area contributed by atoms with Crippen LogP contribution in [-0.2, 0) is 0 Å². The second kappa shape index (κ2) is 9.90. The molecule has 0 saturated carbocycles. The van der Waals surface area contributed by atoms with Gasteiger partial charge in [0, 0.05) is 56.6 Å². The summed E-state index contributed by atoms with van der Waals surface area (Å²) in [6, 6.07) is 2.16. The van der Waals surface area contributed by atoms with E-state index in [1.807, 2.05) is 19.9 Å². The molecule has 8 nitrogen and oxygen atoms in total. The summed E-state index contributed by atoms with van der Waals surface area (Å²) in [6.45, 7) is 8.28. The van der Waals surface area contributed by atoms with Crippen molar-refractivity contribution in [1.29, 1.82) is 5.41 Å². The minimum Gasteiger partial charge on any atom is -0.488 e. The minimum absolute atomic E-state index is 0.0834. The summed E-state index contributed by atoms with van der Waals surface area (Å²) in [5, 5.41) is 20.8. The lowest BCUT2D eigenvalue weighted by Crippen LogP contribution is -2.49. The summed E-state index contributed by atoms with van der Waals surface area (Å²) in [4.78, 5) is 8.93. The molecule has 2 aliphatic heterocycles. The maximum absolute atomic E-state index is 14.2. The first-order chi connectivity index (χ1) is 14.4. The fourth-order valence-corrected chi connectivity index (χ4v) is 3.59. The van der Waals surface area contributed by atoms with Gasteiger partial charge in [-0.3, -0.25) is 9.89 Å². The molecule has 1 saturated heterocycles. The number of aliphatic hydroxyl groups excluding tert-OH is 1. The predicted octanol–water partition coefficient (Wildman–Crippen LogP) is 1.40. The average molecular weight is 419 g/mol. The van der Waals surface area contributed by atoms with E-state index in [-0.39, 0.29) is 29.9 Å². The summed E-state index contributed by atoms with van der Waals surface area (Å²) >= 11 is 0. The maximum Gasteiger partial charge on any atom is 0.167 e. The molecule has 1 unspecified atom stereocenters. The van der Waals surface area contributed by atoms with Crippen LogP contribution in [0.5, 0.6) is 5.75 Å². The number of piperazine rings is 1. The number of aliphatic imine (C=N–C) groups is 1. The quantitative estimate of drug-likeness (QED) is 0.375. The topological polar surface area (TPSA) is 110 Å². The van der Waals surface area contributed by atoms with Crippen LogP contribution in [0.2, 0.25) is 0 Å². The minimum atomic E-state index is -0.540. The number of halogens is 1. The molecule has 0 radical (unpaired) electrons. The molecule has 0 amide bonds. The number of anilines is 1. The van der Waals surface area contributed by atoms with Crippen molar-refractivity contribution in [3.63, 3.8) is 0 Å². The Morgan fingerprint density at radius 2 is 2.10 bits per heavy atom. The second-order valence-electron chi connectivity index (χ2n) is 7.78. The van der Waals surface area contributed by atoms with E-state index in [9.17, 15) is 4.39 Å². The highest BCUT2D eigenvalue weighted by Gasteiger charge is 2.24. The molecular formula is C21H31FN6O2. The van der Waals surface area contributed by atoms with E-state index in [2.05, 4.69) is 20.1 Å². The Bertz CT molecular complexity index is 818. The summed E-state index contributed by atoms with van der Waals surface area (Å²) < 4.78 is 19.7. The van der Waals surface area contributed by atoms with Gasteiger partial charge in [0.05, 0.1) is 18.2 Å². The van der Waals surface area contributed by atoms with E-state index >= 15 is 0 Å². The molecule has 0 aliphatic carbocycles. The van der Waals surface area contributed by atoms with Gasteiger partial charge >= 0.3 is 0 Å². The molecule has 30 heavy (non-hydrogen) atoms. The van der Waals surface area contributed by atoms with Crippen LogP contribution in [0, 0.1) is 11.2 Å². The van der Waals surface area contributed by atoms with Crippen molar-refractivity contribution in [3.8, 4) is 5.75 Å². The zero-order valence-corrected chi connectivity index (χ0v) is 17.6. The smallest absolute Gasteiger partial charge is 0.167 e. The number of nitrogens with two attached hydrogens (primary N) is 1. The highest BCUT2D eigenvalue weighted by Crippen LogP contribution is 2.27. The number of nitrogens with zero attached hydrogens (tertiary/aromatic N) is 3. The highest BCUT2D eigenvalue weighted by atomic mass is 19.1. The van der Waals surface area contributed by atoms with E-state index in [0.717, 1.165) is 45.0 Å². The van der Waals surface area contributed by atoms with E-state index < -0.39 is 11.9 Å². The third-order valence-corrected chi connectivity index (χ3v) is 5.16. The maximum atomic E-state index is 14.2. The molecule has 3 rings (SSSR count). The fraction of sp³-hybridized carbons (Fsp3) is 0.524. The van der Waals surface area contributed by atoms with Gasteiger partial charge < -0.3 is 31.2 Å². The van der Waals surface area contributed by atoms with Gasteiger partial charge in [-0.2, -0.15) is 0 Å². The van der Waals surface area contributed by atoms with Gasteiger partial charge in [-0.1, -0.05) is 0 Å². The molecule has 1 aromatic carbocycles. The van der Waals surface area contributed by atoms with Crippen LogP contribution < -0.4 is 15.8 Å². The Morgan fingerprint density at radius 3 is 2.77 bits per heavy atom. The Morgan fingerprint density at radius 1 is 1.37 bits per heavy atom. The summed E-state index contributed by atoms with van der Waals surface area (Å²) in [6.07, 6.45) is 4.09. The molecular weight excluding hydrogens is 387 g/mol. The largest absolute Gasteiger partial charge is 0.488 e. The predicted molar refractivity (Wildman–Crippen MR) is 117 cm³/mol. The number of aliphatic hydroxyl groups is 1. The lowest BCUT2D eigenvalue weighted by molar-refractivity contribution is 0.144. The number of rotatable bonds is 8. The van der Waals surface area contributed by atoms with Gasteiger partial charge in [-0.15, -0.1) is 0 Å². The Labute approximate surface area is 176 Å². The van der Waals surface area contributed by atoms with Gasteiger partial charge in [0.15, 0.2) is 11.6 Å². The Kier molecular flexibility index (Phi) is 7.28. The number of ether oxygens (including phenoxy) is 1. The molecule has 9 heteroatoms. The standard InChI is InChI=1S/C21H31FN6O2/c1-14(2)30-19-10-15(17(23)11-16(19)22)21(24)18-12-20(26-13-25-18)28-7-5-27(6-8-28)4-3-9-29/h10-14,18,24,29H,3-9,23H2,1-2H3,(H,25,26). The zero-order valence-electron chi connectivity index (χ0n) is 17.6. The first kappa shape index (κ1) is 22.0. The third-order valence-electron chi connectivity index (χ3n) is 5.16. The van der Waals surface area contributed by atoms with Crippen LogP contribution in [0.4, 0.5) is 10.1 Å². The van der Waals surface area contributed by atoms with Crippen LogP contribution in [0.25, 0.3) is 0 Å². The molecule has 5 N–H and O–H groups in total. The van der Waals surface area contributed by atoms with E-state index in [0.29, 0.717) is 5.56 Å².